The van der Waals surface area contributed by atoms with Crippen molar-refractivity contribution in [2.24, 2.45) is 5.92 Å². The van der Waals surface area contributed by atoms with Crippen molar-refractivity contribution >= 4 is 31.9 Å². The molecule has 1 aromatic rings. The zero-order chi connectivity index (χ0) is 11.1. The molecule has 0 N–H and O–H groups in total. The first-order valence-corrected chi connectivity index (χ1v) is 6.97. The van der Waals surface area contributed by atoms with Gasteiger partial charge in [0.1, 0.15) is 5.75 Å². The average molecular weight is 337 g/mol. The fourth-order valence-electron chi connectivity index (χ4n) is 1.30. The van der Waals surface area contributed by atoms with Crippen molar-refractivity contribution in [2.45, 2.75) is 19.8 Å². The molecular formula is C11H15Br2NO. The summed E-state index contributed by atoms with van der Waals surface area (Å²) in [5.41, 5.74) is 0. The molecule has 2 nitrogen and oxygen atoms in total. The topological polar surface area (TPSA) is 22.1 Å². The maximum atomic E-state index is 5.67. The van der Waals surface area contributed by atoms with E-state index in [0.29, 0.717) is 5.92 Å². The van der Waals surface area contributed by atoms with Crippen molar-refractivity contribution in [2.75, 3.05) is 11.9 Å². The van der Waals surface area contributed by atoms with Crippen LogP contribution in [0.4, 0.5) is 0 Å². The van der Waals surface area contributed by atoms with Crippen LogP contribution in [0.5, 0.6) is 5.75 Å². The first-order chi connectivity index (χ1) is 7.26. The molecule has 0 saturated carbocycles. The normalized spacial score (nSPS) is 12.5. The number of nitrogens with zero attached hydrogens (tertiary/aromatic N) is 1. The largest absolute Gasteiger partial charge is 0.492 e. The highest BCUT2D eigenvalue weighted by molar-refractivity contribution is 9.10. The van der Waals surface area contributed by atoms with Crippen LogP contribution in [0.15, 0.2) is 22.9 Å². The van der Waals surface area contributed by atoms with Gasteiger partial charge < -0.3 is 4.74 Å². The molecule has 15 heavy (non-hydrogen) atoms. The SMILES string of the molecule is CCCC(CBr)COc1cncc(Br)c1. The number of halogens is 2. The van der Waals surface area contributed by atoms with Crippen LogP contribution in [0.2, 0.25) is 0 Å². The summed E-state index contributed by atoms with van der Waals surface area (Å²) in [7, 11) is 0. The second-order valence-electron chi connectivity index (χ2n) is 3.46. The van der Waals surface area contributed by atoms with Crippen LogP contribution in [0, 0.1) is 5.92 Å². The molecule has 1 rings (SSSR count). The minimum absolute atomic E-state index is 0.578. The van der Waals surface area contributed by atoms with Gasteiger partial charge in [0.25, 0.3) is 0 Å². The summed E-state index contributed by atoms with van der Waals surface area (Å²) in [5, 5.41) is 0.988. The summed E-state index contributed by atoms with van der Waals surface area (Å²) in [6.45, 7) is 2.94. The maximum absolute atomic E-state index is 5.67. The Morgan fingerprint density at radius 3 is 2.87 bits per heavy atom. The average Bonchev–Trinajstić information content (AvgIpc) is 2.24. The first-order valence-electron chi connectivity index (χ1n) is 5.05. The van der Waals surface area contributed by atoms with Crippen LogP contribution in [0.1, 0.15) is 19.8 Å². The molecule has 1 unspecified atom stereocenters. The molecule has 0 aliphatic carbocycles. The number of ether oxygens (including phenoxy) is 1. The lowest BCUT2D eigenvalue weighted by molar-refractivity contribution is 0.254. The molecule has 0 spiro atoms. The monoisotopic (exact) mass is 335 g/mol. The number of hydrogen-bond donors (Lipinski definition) is 0. The zero-order valence-corrected chi connectivity index (χ0v) is 11.9. The minimum Gasteiger partial charge on any atom is -0.492 e. The van der Waals surface area contributed by atoms with Crippen LogP contribution >= 0.6 is 31.9 Å². The third kappa shape index (κ3) is 4.98. The van der Waals surface area contributed by atoms with Gasteiger partial charge in [0.2, 0.25) is 0 Å². The molecule has 0 saturated heterocycles. The fourth-order valence-corrected chi connectivity index (χ4v) is 2.15. The van der Waals surface area contributed by atoms with E-state index < -0.39 is 0 Å². The van der Waals surface area contributed by atoms with Crippen LogP contribution in [0.25, 0.3) is 0 Å². The Labute approximate surface area is 108 Å². The molecule has 0 bridgehead atoms. The van der Waals surface area contributed by atoms with Crippen molar-refractivity contribution in [3.05, 3.63) is 22.9 Å². The quantitative estimate of drug-likeness (QED) is 0.731. The van der Waals surface area contributed by atoms with E-state index in [-0.39, 0.29) is 0 Å². The van der Waals surface area contributed by atoms with E-state index in [1.807, 2.05) is 6.07 Å². The molecule has 0 aliphatic rings. The molecule has 0 amide bonds. The van der Waals surface area contributed by atoms with Crippen LogP contribution in [-0.4, -0.2) is 16.9 Å². The fraction of sp³-hybridized carbons (Fsp3) is 0.545. The van der Waals surface area contributed by atoms with E-state index in [0.717, 1.165) is 22.2 Å². The Bertz CT molecular complexity index is 294. The molecular weight excluding hydrogens is 322 g/mol. The number of aromatic nitrogens is 1. The van der Waals surface area contributed by atoms with Gasteiger partial charge in [0.05, 0.1) is 12.8 Å². The van der Waals surface area contributed by atoms with Crippen LogP contribution in [-0.2, 0) is 0 Å². The second kappa shape index (κ2) is 7.23. The summed E-state index contributed by atoms with van der Waals surface area (Å²) in [5.74, 6) is 1.40. The summed E-state index contributed by atoms with van der Waals surface area (Å²) in [6, 6.07) is 1.93. The Kier molecular flexibility index (Phi) is 6.25. The van der Waals surface area contributed by atoms with Crippen molar-refractivity contribution in [3.63, 3.8) is 0 Å². The Morgan fingerprint density at radius 1 is 1.47 bits per heavy atom. The summed E-state index contributed by atoms with van der Waals surface area (Å²) in [4.78, 5) is 4.05. The zero-order valence-electron chi connectivity index (χ0n) is 8.75. The molecule has 0 aromatic carbocycles. The lowest BCUT2D eigenvalue weighted by atomic mass is 10.1. The van der Waals surface area contributed by atoms with Crippen molar-refractivity contribution in [1.82, 2.24) is 4.98 Å². The molecule has 1 atom stereocenters. The molecule has 0 radical (unpaired) electrons. The van der Waals surface area contributed by atoms with Gasteiger partial charge in [-0.2, -0.15) is 0 Å². The van der Waals surface area contributed by atoms with Gasteiger partial charge in [-0.1, -0.05) is 29.3 Å². The minimum atomic E-state index is 0.578. The maximum Gasteiger partial charge on any atom is 0.138 e. The van der Waals surface area contributed by atoms with E-state index in [4.69, 9.17) is 4.74 Å². The van der Waals surface area contributed by atoms with E-state index in [9.17, 15) is 0 Å². The number of alkyl halides is 1. The van der Waals surface area contributed by atoms with E-state index in [1.165, 1.54) is 12.8 Å². The van der Waals surface area contributed by atoms with Crippen LogP contribution < -0.4 is 4.74 Å². The first kappa shape index (κ1) is 13.0. The predicted molar refractivity (Wildman–Crippen MR) is 69.6 cm³/mol. The van der Waals surface area contributed by atoms with E-state index in [2.05, 4.69) is 43.8 Å². The molecule has 0 aliphatic heterocycles. The third-order valence-electron chi connectivity index (χ3n) is 2.08. The van der Waals surface area contributed by atoms with E-state index >= 15 is 0 Å². The van der Waals surface area contributed by atoms with Gasteiger partial charge in [0.15, 0.2) is 0 Å². The predicted octanol–water partition coefficient (Wildman–Crippen LogP) is 4.03. The molecule has 1 heterocycles. The van der Waals surface area contributed by atoms with E-state index in [1.54, 1.807) is 12.4 Å². The molecule has 0 fully saturated rings. The van der Waals surface area contributed by atoms with Gasteiger partial charge in [-0.05, 0) is 28.4 Å². The standard InChI is InChI=1S/C11H15Br2NO/c1-2-3-9(5-12)8-15-11-4-10(13)6-14-7-11/h4,6-7,9H,2-3,5,8H2,1H3. The van der Waals surface area contributed by atoms with Gasteiger partial charge in [-0.3, -0.25) is 4.98 Å². The van der Waals surface area contributed by atoms with Gasteiger partial charge >= 0.3 is 0 Å². The van der Waals surface area contributed by atoms with Gasteiger partial charge in [-0.25, -0.2) is 0 Å². The lowest BCUT2D eigenvalue weighted by Gasteiger charge is -2.13. The Morgan fingerprint density at radius 2 is 2.27 bits per heavy atom. The Hall–Kier alpha value is -0.0900. The molecule has 1 aromatic heterocycles. The van der Waals surface area contributed by atoms with Gasteiger partial charge in [-0.15, -0.1) is 0 Å². The van der Waals surface area contributed by atoms with Crippen LogP contribution in [0.3, 0.4) is 0 Å². The summed E-state index contributed by atoms with van der Waals surface area (Å²) in [6.07, 6.45) is 5.87. The van der Waals surface area contributed by atoms with Crippen molar-refractivity contribution < 1.29 is 4.74 Å². The Balaban J connectivity index is 2.41. The third-order valence-corrected chi connectivity index (χ3v) is 3.43. The van der Waals surface area contributed by atoms with Crippen molar-refractivity contribution in [1.29, 1.82) is 0 Å². The second-order valence-corrected chi connectivity index (χ2v) is 5.02. The highest BCUT2D eigenvalue weighted by atomic mass is 79.9. The number of hydrogen-bond acceptors (Lipinski definition) is 2. The van der Waals surface area contributed by atoms with Gasteiger partial charge in [0, 0.05) is 21.9 Å². The highest BCUT2D eigenvalue weighted by Gasteiger charge is 2.07. The summed E-state index contributed by atoms with van der Waals surface area (Å²) >= 11 is 6.87. The molecule has 4 heteroatoms. The summed E-state index contributed by atoms with van der Waals surface area (Å²) < 4.78 is 6.62. The molecule has 84 valence electrons. The number of pyridine rings is 1. The number of rotatable bonds is 6. The lowest BCUT2D eigenvalue weighted by Crippen LogP contribution is -2.13. The van der Waals surface area contributed by atoms with Crippen molar-refractivity contribution in [3.8, 4) is 5.75 Å². The highest BCUT2D eigenvalue weighted by Crippen LogP contribution is 2.18. The smallest absolute Gasteiger partial charge is 0.138 e.